The molecule has 2 aliphatic rings. The lowest BCUT2D eigenvalue weighted by Crippen LogP contribution is -2.29. The molecule has 0 aromatic heterocycles. The van der Waals surface area contributed by atoms with Gasteiger partial charge in [0, 0.05) is 18.7 Å². The maximum atomic E-state index is 12.6. The molecular weight excluding hydrogens is 304 g/mol. The van der Waals surface area contributed by atoms with Gasteiger partial charge in [-0.05, 0) is 42.2 Å². The van der Waals surface area contributed by atoms with Crippen LogP contribution in [0, 0.1) is 0 Å². The molecule has 2 heterocycles. The number of carbonyl (C=O) groups excluding carboxylic acids is 2. The maximum absolute atomic E-state index is 12.6. The van der Waals surface area contributed by atoms with E-state index in [2.05, 4.69) is 11.4 Å². The second kappa shape index (κ2) is 6.00. The van der Waals surface area contributed by atoms with Crippen molar-refractivity contribution in [2.45, 2.75) is 19.3 Å². The number of hydrogen-bond donors (Lipinski definition) is 1. The highest BCUT2D eigenvalue weighted by atomic mass is 16.5. The SMILES string of the molecule is O=C1COc2ccc(CCC(=O)N3CCc4ccccc43)cc2N1. The number of fused-ring (bicyclic) bond motifs is 2. The summed E-state index contributed by atoms with van der Waals surface area (Å²) in [5.74, 6) is 0.667. The monoisotopic (exact) mass is 322 g/mol. The number of hydrogen-bond acceptors (Lipinski definition) is 3. The molecule has 2 aromatic rings. The molecule has 122 valence electrons. The van der Waals surface area contributed by atoms with Crippen molar-refractivity contribution < 1.29 is 14.3 Å². The third kappa shape index (κ3) is 2.73. The second-order valence-corrected chi connectivity index (χ2v) is 6.09. The van der Waals surface area contributed by atoms with Crippen molar-refractivity contribution in [1.29, 1.82) is 0 Å². The molecule has 0 saturated carbocycles. The van der Waals surface area contributed by atoms with Crippen LogP contribution in [0.5, 0.6) is 5.75 Å². The second-order valence-electron chi connectivity index (χ2n) is 6.09. The van der Waals surface area contributed by atoms with E-state index in [0.29, 0.717) is 24.3 Å². The van der Waals surface area contributed by atoms with Crippen LogP contribution >= 0.6 is 0 Å². The molecule has 0 unspecified atom stereocenters. The fraction of sp³-hybridized carbons (Fsp3) is 0.263. The first-order valence-corrected chi connectivity index (χ1v) is 8.14. The highest BCUT2D eigenvalue weighted by Gasteiger charge is 2.24. The zero-order valence-electron chi connectivity index (χ0n) is 13.2. The van der Waals surface area contributed by atoms with Crippen LogP contribution in [0.15, 0.2) is 42.5 Å². The van der Waals surface area contributed by atoms with Crippen LogP contribution < -0.4 is 15.0 Å². The molecule has 0 radical (unpaired) electrons. The smallest absolute Gasteiger partial charge is 0.262 e. The molecule has 5 heteroatoms. The molecule has 1 N–H and O–H groups in total. The number of para-hydroxylation sites is 1. The van der Waals surface area contributed by atoms with Crippen molar-refractivity contribution in [3.05, 3.63) is 53.6 Å². The summed E-state index contributed by atoms with van der Waals surface area (Å²) in [6.45, 7) is 0.811. The average Bonchev–Trinajstić information content (AvgIpc) is 3.03. The quantitative estimate of drug-likeness (QED) is 0.945. The molecule has 24 heavy (non-hydrogen) atoms. The van der Waals surface area contributed by atoms with Crippen molar-refractivity contribution >= 4 is 23.2 Å². The van der Waals surface area contributed by atoms with Crippen molar-refractivity contribution in [3.8, 4) is 5.75 Å². The van der Waals surface area contributed by atoms with Gasteiger partial charge in [-0.1, -0.05) is 24.3 Å². The Morgan fingerprint density at radius 2 is 2.08 bits per heavy atom. The molecule has 2 aliphatic heterocycles. The number of amides is 2. The van der Waals surface area contributed by atoms with Gasteiger partial charge in [0.05, 0.1) is 5.69 Å². The predicted molar refractivity (Wildman–Crippen MR) is 91.4 cm³/mol. The molecule has 4 rings (SSSR count). The molecular formula is C19H18N2O3. The molecule has 5 nitrogen and oxygen atoms in total. The molecule has 2 amide bonds. The van der Waals surface area contributed by atoms with E-state index in [0.717, 1.165) is 24.2 Å². The van der Waals surface area contributed by atoms with Crippen molar-refractivity contribution in [2.24, 2.45) is 0 Å². The Morgan fingerprint density at radius 3 is 3.00 bits per heavy atom. The van der Waals surface area contributed by atoms with Crippen LogP contribution in [0.3, 0.4) is 0 Å². The van der Waals surface area contributed by atoms with E-state index in [1.54, 1.807) is 0 Å². The molecule has 0 fully saturated rings. The summed E-state index contributed by atoms with van der Waals surface area (Å²) in [5, 5.41) is 2.80. The molecule has 2 aromatic carbocycles. The minimum atomic E-state index is -0.149. The fourth-order valence-corrected chi connectivity index (χ4v) is 3.27. The molecule has 0 aliphatic carbocycles. The number of ether oxygens (including phenoxy) is 1. The van der Waals surface area contributed by atoms with Gasteiger partial charge in [0.1, 0.15) is 5.75 Å². The van der Waals surface area contributed by atoms with Crippen LogP contribution in [0.25, 0.3) is 0 Å². The van der Waals surface area contributed by atoms with Crippen molar-refractivity contribution in [3.63, 3.8) is 0 Å². The van der Waals surface area contributed by atoms with Gasteiger partial charge in [-0.2, -0.15) is 0 Å². The van der Waals surface area contributed by atoms with Crippen LogP contribution in [0.2, 0.25) is 0 Å². The van der Waals surface area contributed by atoms with E-state index < -0.39 is 0 Å². The van der Waals surface area contributed by atoms with Crippen LogP contribution in [-0.2, 0) is 22.4 Å². The van der Waals surface area contributed by atoms with Gasteiger partial charge >= 0.3 is 0 Å². The highest BCUT2D eigenvalue weighted by Crippen LogP contribution is 2.30. The zero-order valence-corrected chi connectivity index (χ0v) is 13.2. The van der Waals surface area contributed by atoms with Crippen LogP contribution in [0.1, 0.15) is 17.5 Å². The molecule has 0 spiro atoms. The summed E-state index contributed by atoms with van der Waals surface area (Å²) in [4.78, 5) is 25.8. The van der Waals surface area contributed by atoms with Gasteiger partial charge in [-0.25, -0.2) is 0 Å². The van der Waals surface area contributed by atoms with Crippen LogP contribution in [0.4, 0.5) is 11.4 Å². The number of carbonyl (C=O) groups is 2. The van der Waals surface area contributed by atoms with E-state index in [1.807, 2.05) is 41.3 Å². The lowest BCUT2D eigenvalue weighted by molar-refractivity contribution is -0.119. The van der Waals surface area contributed by atoms with Gasteiger partial charge in [0.15, 0.2) is 6.61 Å². The number of nitrogens with one attached hydrogen (secondary N) is 1. The Kier molecular flexibility index (Phi) is 3.69. The average molecular weight is 322 g/mol. The first kappa shape index (κ1) is 14.8. The number of benzene rings is 2. The van der Waals surface area contributed by atoms with E-state index in [9.17, 15) is 9.59 Å². The summed E-state index contributed by atoms with van der Waals surface area (Å²) in [6.07, 6.45) is 2.01. The number of rotatable bonds is 3. The van der Waals surface area contributed by atoms with Gasteiger partial charge in [-0.3, -0.25) is 9.59 Å². The lowest BCUT2D eigenvalue weighted by atomic mass is 10.1. The third-order valence-corrected chi connectivity index (χ3v) is 4.49. The fourth-order valence-electron chi connectivity index (χ4n) is 3.27. The molecule has 0 saturated heterocycles. The minimum Gasteiger partial charge on any atom is -0.482 e. The van der Waals surface area contributed by atoms with E-state index >= 15 is 0 Å². The van der Waals surface area contributed by atoms with Crippen LogP contribution in [-0.4, -0.2) is 25.0 Å². The van der Waals surface area contributed by atoms with Gasteiger partial charge < -0.3 is 15.0 Å². The zero-order chi connectivity index (χ0) is 16.5. The van der Waals surface area contributed by atoms with Gasteiger partial charge in [0.2, 0.25) is 5.91 Å². The largest absolute Gasteiger partial charge is 0.482 e. The van der Waals surface area contributed by atoms with E-state index in [4.69, 9.17) is 4.74 Å². The Hall–Kier alpha value is -2.82. The molecule has 0 bridgehead atoms. The van der Waals surface area contributed by atoms with Crippen molar-refractivity contribution in [1.82, 2.24) is 0 Å². The van der Waals surface area contributed by atoms with Gasteiger partial charge in [0.25, 0.3) is 5.91 Å². The normalized spacial score (nSPS) is 15.3. The summed E-state index contributed by atoms with van der Waals surface area (Å²) in [5.41, 5.74) is 3.97. The minimum absolute atomic E-state index is 0.0548. The van der Waals surface area contributed by atoms with E-state index in [1.165, 1.54) is 5.56 Å². The summed E-state index contributed by atoms with van der Waals surface area (Å²) in [6, 6.07) is 13.7. The number of aryl methyl sites for hydroxylation is 1. The topological polar surface area (TPSA) is 58.6 Å². The first-order valence-electron chi connectivity index (χ1n) is 8.14. The Morgan fingerprint density at radius 1 is 1.21 bits per heavy atom. The standard InChI is InChI=1S/C19H18N2O3/c22-18-12-24-17-7-5-13(11-15(17)20-18)6-8-19(23)21-10-9-14-3-1-2-4-16(14)21/h1-5,7,11H,6,8-10,12H2,(H,20,22). The van der Waals surface area contributed by atoms with E-state index in [-0.39, 0.29) is 18.4 Å². The number of nitrogens with zero attached hydrogens (tertiary/aromatic N) is 1. The number of anilines is 2. The Bertz CT molecular complexity index is 816. The van der Waals surface area contributed by atoms with Gasteiger partial charge in [-0.15, -0.1) is 0 Å². The lowest BCUT2D eigenvalue weighted by Gasteiger charge is -2.19. The first-order chi connectivity index (χ1) is 11.7. The maximum Gasteiger partial charge on any atom is 0.262 e. The van der Waals surface area contributed by atoms with Crippen molar-refractivity contribution in [2.75, 3.05) is 23.4 Å². The predicted octanol–water partition coefficient (Wildman–Crippen LogP) is 2.54. The summed E-state index contributed by atoms with van der Waals surface area (Å²) >= 11 is 0. The Balaban J connectivity index is 1.43. The highest BCUT2D eigenvalue weighted by molar-refractivity contribution is 5.96. The summed E-state index contributed by atoms with van der Waals surface area (Å²) < 4.78 is 5.35. The Labute approximate surface area is 140 Å². The summed E-state index contributed by atoms with van der Waals surface area (Å²) in [7, 11) is 0. The molecule has 0 atom stereocenters. The third-order valence-electron chi connectivity index (χ3n) is 4.49.